The highest BCUT2D eigenvalue weighted by molar-refractivity contribution is 5.78. The van der Waals surface area contributed by atoms with Gasteiger partial charge in [-0.2, -0.15) is 0 Å². The van der Waals surface area contributed by atoms with Crippen molar-refractivity contribution in [2.45, 2.75) is 51.5 Å². The highest BCUT2D eigenvalue weighted by Crippen LogP contribution is 2.27. The molecule has 0 bridgehead atoms. The number of para-hydroxylation sites is 1. The first-order chi connectivity index (χ1) is 11.6. The number of nitrogens with zero attached hydrogens (tertiary/aromatic N) is 2. The summed E-state index contributed by atoms with van der Waals surface area (Å²) in [6.45, 7) is 2.23. The lowest BCUT2D eigenvalue weighted by molar-refractivity contribution is -0.133. The third kappa shape index (κ3) is 3.50. The molecule has 1 heterocycles. The summed E-state index contributed by atoms with van der Waals surface area (Å²) in [4.78, 5) is 33.8. The molecule has 3 rings (SSSR count). The fourth-order valence-electron chi connectivity index (χ4n) is 3.71. The fraction of sp³-hybridized carbons (Fsp3) is 0.526. The van der Waals surface area contributed by atoms with Crippen LogP contribution in [-0.4, -0.2) is 33.9 Å². The van der Waals surface area contributed by atoms with Crippen LogP contribution in [0.2, 0.25) is 0 Å². The van der Waals surface area contributed by atoms with E-state index in [1.807, 2.05) is 30.1 Å². The van der Waals surface area contributed by atoms with Crippen molar-refractivity contribution in [3.8, 4) is 0 Å². The molecule has 1 aromatic heterocycles. The van der Waals surface area contributed by atoms with Gasteiger partial charge < -0.3 is 9.88 Å². The average Bonchev–Trinajstić information content (AvgIpc) is 2.59. The van der Waals surface area contributed by atoms with Crippen molar-refractivity contribution in [3.63, 3.8) is 0 Å². The van der Waals surface area contributed by atoms with Crippen LogP contribution in [0.4, 0.5) is 0 Å². The Labute approximate surface area is 142 Å². The minimum absolute atomic E-state index is 0.129. The Hall–Kier alpha value is -2.17. The van der Waals surface area contributed by atoms with Crippen molar-refractivity contribution in [3.05, 3.63) is 40.4 Å². The Morgan fingerprint density at radius 3 is 2.83 bits per heavy atom. The predicted octanol–water partition coefficient (Wildman–Crippen LogP) is 2.89. The monoisotopic (exact) mass is 327 g/mol. The highest BCUT2D eigenvalue weighted by atomic mass is 16.2. The van der Waals surface area contributed by atoms with E-state index < -0.39 is 0 Å². The number of benzene rings is 1. The van der Waals surface area contributed by atoms with E-state index in [1.54, 1.807) is 6.07 Å². The number of rotatable bonds is 4. The van der Waals surface area contributed by atoms with Crippen molar-refractivity contribution in [2.24, 2.45) is 5.92 Å². The van der Waals surface area contributed by atoms with Gasteiger partial charge in [-0.3, -0.25) is 9.59 Å². The lowest BCUT2D eigenvalue weighted by Crippen LogP contribution is -2.42. The van der Waals surface area contributed by atoms with E-state index in [4.69, 9.17) is 0 Å². The third-order valence-electron chi connectivity index (χ3n) is 5.19. The van der Waals surface area contributed by atoms with Crippen molar-refractivity contribution >= 4 is 16.8 Å². The Morgan fingerprint density at radius 1 is 1.29 bits per heavy atom. The number of H-pyrrole nitrogens is 1. The highest BCUT2D eigenvalue weighted by Gasteiger charge is 2.27. The van der Waals surface area contributed by atoms with Crippen molar-refractivity contribution in [1.82, 2.24) is 14.9 Å². The summed E-state index contributed by atoms with van der Waals surface area (Å²) < 4.78 is 0. The summed E-state index contributed by atoms with van der Waals surface area (Å²) in [5, 5.41) is 0.584. The van der Waals surface area contributed by atoms with Crippen LogP contribution in [0.3, 0.4) is 0 Å². The van der Waals surface area contributed by atoms with Gasteiger partial charge in [-0.05, 0) is 30.9 Å². The van der Waals surface area contributed by atoms with E-state index in [-0.39, 0.29) is 11.5 Å². The maximum Gasteiger partial charge on any atom is 0.258 e. The zero-order valence-corrected chi connectivity index (χ0v) is 14.4. The number of amides is 1. The topological polar surface area (TPSA) is 66.1 Å². The molecule has 5 nitrogen and oxygen atoms in total. The molecule has 1 N–H and O–H groups in total. The van der Waals surface area contributed by atoms with Gasteiger partial charge in [0.05, 0.1) is 10.9 Å². The van der Waals surface area contributed by atoms with Crippen LogP contribution < -0.4 is 5.56 Å². The van der Waals surface area contributed by atoms with Gasteiger partial charge in [0, 0.05) is 25.9 Å². The molecule has 0 saturated heterocycles. The summed E-state index contributed by atoms with van der Waals surface area (Å²) in [5.74, 6) is 1.27. The van der Waals surface area contributed by atoms with Crippen LogP contribution in [0.15, 0.2) is 29.1 Å². The Bertz CT molecular complexity index is 784. The number of fused-ring (bicyclic) bond motifs is 1. The molecule has 1 amide bonds. The number of carbonyl (C=O) groups is 1. The molecule has 1 aromatic carbocycles. The smallest absolute Gasteiger partial charge is 0.258 e. The Kier molecular flexibility index (Phi) is 4.97. The van der Waals surface area contributed by atoms with Crippen LogP contribution >= 0.6 is 0 Å². The van der Waals surface area contributed by atoms with Crippen LogP contribution in [0.5, 0.6) is 0 Å². The van der Waals surface area contributed by atoms with Gasteiger partial charge in [0.1, 0.15) is 5.82 Å². The number of aromatic nitrogens is 2. The fourth-order valence-corrected chi connectivity index (χ4v) is 3.71. The van der Waals surface area contributed by atoms with Gasteiger partial charge in [0.15, 0.2) is 0 Å². The molecule has 0 aliphatic heterocycles. The number of hydrogen-bond acceptors (Lipinski definition) is 3. The van der Waals surface area contributed by atoms with Crippen LogP contribution in [0, 0.1) is 5.92 Å². The molecule has 0 spiro atoms. The first-order valence-electron chi connectivity index (χ1n) is 8.80. The molecule has 1 aliphatic carbocycles. The number of nitrogens with one attached hydrogen (secondary N) is 1. The standard InChI is InChI=1S/C19H25N3O2/c1-13-7-3-6-10-16(13)22(2)18(23)12-11-17-20-15-9-5-4-8-14(15)19(24)21-17/h4-5,8-9,13,16H,3,6-7,10-12H2,1-2H3,(H,20,21,24). The predicted molar refractivity (Wildman–Crippen MR) is 94.9 cm³/mol. The lowest BCUT2D eigenvalue weighted by atomic mass is 9.85. The molecule has 2 aromatic rings. The molecule has 24 heavy (non-hydrogen) atoms. The van der Waals surface area contributed by atoms with Crippen LogP contribution in [0.1, 0.15) is 44.9 Å². The molecule has 1 saturated carbocycles. The van der Waals surface area contributed by atoms with Gasteiger partial charge >= 0.3 is 0 Å². The Balaban J connectivity index is 1.66. The van der Waals surface area contributed by atoms with E-state index in [0.29, 0.717) is 41.5 Å². The van der Waals surface area contributed by atoms with Gasteiger partial charge in [-0.1, -0.05) is 31.9 Å². The Morgan fingerprint density at radius 2 is 2.04 bits per heavy atom. The maximum atomic E-state index is 12.5. The van der Waals surface area contributed by atoms with Gasteiger partial charge in [-0.15, -0.1) is 0 Å². The third-order valence-corrected chi connectivity index (χ3v) is 5.19. The lowest BCUT2D eigenvalue weighted by Gasteiger charge is -2.36. The van der Waals surface area contributed by atoms with Gasteiger partial charge in [0.2, 0.25) is 5.91 Å². The average molecular weight is 327 g/mol. The molecule has 1 aliphatic rings. The van der Waals surface area contributed by atoms with Gasteiger partial charge in [0.25, 0.3) is 5.56 Å². The second-order valence-electron chi connectivity index (χ2n) is 6.86. The number of carbonyl (C=O) groups excluding carboxylic acids is 1. The van der Waals surface area contributed by atoms with E-state index in [1.165, 1.54) is 19.3 Å². The van der Waals surface area contributed by atoms with Crippen molar-refractivity contribution < 1.29 is 4.79 Å². The van der Waals surface area contributed by atoms with E-state index in [9.17, 15) is 9.59 Å². The van der Waals surface area contributed by atoms with Crippen molar-refractivity contribution in [2.75, 3.05) is 7.05 Å². The summed E-state index contributed by atoms with van der Waals surface area (Å²) in [6, 6.07) is 7.61. The van der Waals surface area contributed by atoms with Gasteiger partial charge in [-0.25, -0.2) is 4.98 Å². The molecular formula is C19H25N3O2. The number of aryl methyl sites for hydroxylation is 1. The second kappa shape index (κ2) is 7.16. The van der Waals surface area contributed by atoms with E-state index >= 15 is 0 Å². The molecule has 0 radical (unpaired) electrons. The number of aromatic amines is 1. The molecular weight excluding hydrogens is 302 g/mol. The molecule has 2 atom stereocenters. The molecule has 2 unspecified atom stereocenters. The zero-order chi connectivity index (χ0) is 17.1. The maximum absolute atomic E-state index is 12.5. The normalized spacial score (nSPS) is 20.9. The summed E-state index contributed by atoms with van der Waals surface area (Å²) in [5.41, 5.74) is 0.537. The van der Waals surface area contributed by atoms with E-state index in [2.05, 4.69) is 16.9 Å². The molecule has 1 fully saturated rings. The summed E-state index contributed by atoms with van der Waals surface area (Å²) in [6.07, 6.45) is 5.59. The molecule has 5 heteroatoms. The quantitative estimate of drug-likeness (QED) is 0.939. The van der Waals surface area contributed by atoms with Crippen LogP contribution in [0.25, 0.3) is 10.9 Å². The zero-order valence-electron chi connectivity index (χ0n) is 14.4. The summed E-state index contributed by atoms with van der Waals surface area (Å²) >= 11 is 0. The minimum Gasteiger partial charge on any atom is -0.343 e. The van der Waals surface area contributed by atoms with E-state index in [0.717, 1.165) is 6.42 Å². The SMILES string of the molecule is CC1CCCCC1N(C)C(=O)CCc1nc2ccccc2c(=O)[nH]1. The van der Waals surface area contributed by atoms with Crippen molar-refractivity contribution in [1.29, 1.82) is 0 Å². The molecule has 128 valence electrons. The summed E-state index contributed by atoms with van der Waals surface area (Å²) in [7, 11) is 1.91. The minimum atomic E-state index is -0.141. The number of hydrogen-bond donors (Lipinski definition) is 1. The van der Waals surface area contributed by atoms with Crippen LogP contribution in [-0.2, 0) is 11.2 Å². The second-order valence-corrected chi connectivity index (χ2v) is 6.86. The largest absolute Gasteiger partial charge is 0.343 e. The first kappa shape index (κ1) is 16.7. The first-order valence-corrected chi connectivity index (χ1v) is 8.80.